The van der Waals surface area contributed by atoms with E-state index in [1.807, 2.05) is 36.4 Å². The molecule has 4 N–H and O–H groups in total. The molecule has 0 radical (unpaired) electrons. The highest BCUT2D eigenvalue weighted by Crippen LogP contribution is 2.30. The Morgan fingerprint density at radius 2 is 1.23 bits per heavy atom. The number of nitrogens with two attached hydrogens (primary N) is 2. The Labute approximate surface area is 153 Å². The summed E-state index contributed by atoms with van der Waals surface area (Å²) in [5.74, 6) is 0. The highest BCUT2D eigenvalue weighted by molar-refractivity contribution is 7.91. The van der Waals surface area contributed by atoms with Crippen LogP contribution >= 0.6 is 0 Å². The molecular weight excluding hydrogens is 344 g/mol. The Bertz CT molecular complexity index is 1070. The van der Waals surface area contributed by atoms with Crippen LogP contribution in [0.2, 0.25) is 0 Å². The van der Waals surface area contributed by atoms with Gasteiger partial charge in [0, 0.05) is 5.56 Å². The van der Waals surface area contributed by atoms with Crippen LogP contribution in [-0.4, -0.2) is 8.42 Å². The van der Waals surface area contributed by atoms with Crippen LogP contribution in [0.3, 0.4) is 0 Å². The molecule has 0 aliphatic carbocycles. The molecule has 0 spiro atoms. The van der Waals surface area contributed by atoms with Crippen LogP contribution in [0.4, 0.5) is 0 Å². The van der Waals surface area contributed by atoms with Gasteiger partial charge in [-0.15, -0.1) is 0 Å². The quantitative estimate of drug-likeness (QED) is 0.693. The minimum absolute atomic E-state index is 0.144. The smallest absolute Gasteiger partial charge is 0.207 e. The van der Waals surface area contributed by atoms with E-state index in [0.29, 0.717) is 16.8 Å². The van der Waals surface area contributed by atoms with Gasteiger partial charge in [0.05, 0.1) is 21.2 Å². The van der Waals surface area contributed by atoms with Crippen LogP contribution in [0.25, 0.3) is 11.4 Å². The maximum atomic E-state index is 13.2. The number of aryl methyl sites for hydroxylation is 1. The zero-order chi connectivity index (χ0) is 18.7. The first-order chi connectivity index (χ1) is 12.4. The molecule has 0 aliphatic heterocycles. The number of sulfone groups is 1. The van der Waals surface area contributed by atoms with Crippen molar-refractivity contribution in [3.63, 3.8) is 0 Å². The van der Waals surface area contributed by atoms with Crippen LogP contribution in [0.15, 0.2) is 88.7 Å². The second-order valence-corrected chi connectivity index (χ2v) is 7.84. The third-order valence-corrected chi connectivity index (χ3v) is 6.20. The molecule has 3 aromatic carbocycles. The number of hydrogen-bond donors (Lipinski definition) is 2. The van der Waals surface area contributed by atoms with Crippen LogP contribution in [0, 0.1) is 6.92 Å². The molecule has 0 aromatic heterocycles. The topological polar surface area (TPSA) is 86.2 Å². The van der Waals surface area contributed by atoms with Crippen LogP contribution in [0.1, 0.15) is 16.7 Å². The van der Waals surface area contributed by atoms with E-state index in [2.05, 4.69) is 0 Å². The van der Waals surface area contributed by atoms with Crippen molar-refractivity contribution in [3.8, 4) is 0 Å². The highest BCUT2D eigenvalue weighted by Gasteiger charge is 2.24. The lowest BCUT2D eigenvalue weighted by Gasteiger charge is -2.14. The van der Waals surface area contributed by atoms with Crippen molar-refractivity contribution in [1.29, 1.82) is 0 Å². The van der Waals surface area contributed by atoms with E-state index < -0.39 is 9.84 Å². The average Bonchev–Trinajstić information content (AvgIpc) is 2.67. The van der Waals surface area contributed by atoms with Gasteiger partial charge in [0.15, 0.2) is 0 Å². The molecule has 132 valence electrons. The van der Waals surface area contributed by atoms with E-state index in [-0.39, 0.29) is 15.5 Å². The van der Waals surface area contributed by atoms with Crippen molar-refractivity contribution < 1.29 is 8.42 Å². The molecule has 0 amide bonds. The largest absolute Gasteiger partial charge is 0.397 e. The van der Waals surface area contributed by atoms with Gasteiger partial charge in [0.25, 0.3) is 0 Å². The maximum absolute atomic E-state index is 13.2. The Morgan fingerprint density at radius 3 is 1.88 bits per heavy atom. The minimum atomic E-state index is -3.73. The number of rotatable bonds is 4. The minimum Gasteiger partial charge on any atom is -0.397 e. The van der Waals surface area contributed by atoms with Crippen LogP contribution in [-0.2, 0) is 9.84 Å². The predicted octanol–water partition coefficient (Wildman–Crippen LogP) is 3.57. The molecule has 0 saturated carbocycles. The molecular formula is C21H20N2O2S. The lowest BCUT2D eigenvalue weighted by molar-refractivity contribution is 0.595. The van der Waals surface area contributed by atoms with Crippen molar-refractivity contribution >= 4 is 21.2 Å². The van der Waals surface area contributed by atoms with Crippen LogP contribution < -0.4 is 11.5 Å². The first kappa shape index (κ1) is 17.8. The lowest BCUT2D eigenvalue weighted by atomic mass is 10.1. The molecule has 4 nitrogen and oxygen atoms in total. The number of hydrogen-bond acceptors (Lipinski definition) is 4. The third kappa shape index (κ3) is 3.21. The molecule has 3 rings (SSSR count). The normalized spacial score (nSPS) is 12.5. The fourth-order valence-electron chi connectivity index (χ4n) is 2.82. The number of benzene rings is 3. The summed E-state index contributed by atoms with van der Waals surface area (Å²) in [5, 5.41) is 0. The van der Waals surface area contributed by atoms with E-state index in [1.165, 1.54) is 0 Å². The molecule has 0 aliphatic rings. The molecule has 5 heteroatoms. The van der Waals surface area contributed by atoms with Crippen molar-refractivity contribution in [2.24, 2.45) is 11.5 Å². The second kappa shape index (κ2) is 7.06. The fourth-order valence-corrected chi connectivity index (χ4v) is 4.53. The Balaban J connectivity index is 2.20. The van der Waals surface area contributed by atoms with Crippen molar-refractivity contribution in [1.82, 2.24) is 0 Å². The zero-order valence-electron chi connectivity index (χ0n) is 14.4. The Morgan fingerprint density at radius 1 is 0.692 bits per heavy atom. The summed E-state index contributed by atoms with van der Waals surface area (Å²) in [7, 11) is -3.73. The van der Waals surface area contributed by atoms with Gasteiger partial charge < -0.3 is 11.5 Å². The molecule has 0 bridgehead atoms. The SMILES string of the molecule is Cc1ccccc1S(=O)(=O)c1ccccc1/C(N)=C(\N)c1ccccc1. The summed E-state index contributed by atoms with van der Waals surface area (Å²) in [4.78, 5) is 0.407. The highest BCUT2D eigenvalue weighted by atomic mass is 32.2. The molecule has 0 heterocycles. The summed E-state index contributed by atoms with van der Waals surface area (Å²) in [5.41, 5.74) is 14.9. The van der Waals surface area contributed by atoms with Crippen molar-refractivity contribution in [3.05, 3.63) is 95.6 Å². The second-order valence-electron chi connectivity index (χ2n) is 5.96. The van der Waals surface area contributed by atoms with Gasteiger partial charge >= 0.3 is 0 Å². The molecule has 0 fully saturated rings. The van der Waals surface area contributed by atoms with Gasteiger partial charge in [-0.2, -0.15) is 0 Å². The molecule has 0 saturated heterocycles. The summed E-state index contributed by atoms with van der Waals surface area (Å²) in [6.45, 7) is 1.77. The summed E-state index contributed by atoms with van der Waals surface area (Å²) >= 11 is 0. The summed E-state index contributed by atoms with van der Waals surface area (Å²) in [6, 6.07) is 22.8. The predicted molar refractivity (Wildman–Crippen MR) is 105 cm³/mol. The van der Waals surface area contributed by atoms with Gasteiger partial charge in [-0.3, -0.25) is 0 Å². The zero-order valence-corrected chi connectivity index (χ0v) is 15.2. The molecule has 26 heavy (non-hydrogen) atoms. The summed E-state index contributed by atoms with van der Waals surface area (Å²) < 4.78 is 26.4. The third-order valence-electron chi connectivity index (χ3n) is 4.22. The Kier molecular flexibility index (Phi) is 4.82. The first-order valence-corrected chi connectivity index (χ1v) is 9.62. The van der Waals surface area contributed by atoms with Crippen molar-refractivity contribution in [2.45, 2.75) is 16.7 Å². The average molecular weight is 364 g/mol. The van der Waals surface area contributed by atoms with E-state index >= 15 is 0 Å². The van der Waals surface area contributed by atoms with E-state index in [4.69, 9.17) is 11.5 Å². The van der Waals surface area contributed by atoms with Gasteiger partial charge in [-0.25, -0.2) is 8.42 Å². The standard InChI is InChI=1S/C21H20N2O2S/c1-15-9-5-7-13-18(15)26(24,25)19-14-8-6-12-17(19)21(23)20(22)16-10-3-2-4-11-16/h2-14H,22-23H2,1H3/b21-20+. The van der Waals surface area contributed by atoms with E-state index in [0.717, 1.165) is 5.56 Å². The van der Waals surface area contributed by atoms with Gasteiger partial charge in [0.2, 0.25) is 9.84 Å². The van der Waals surface area contributed by atoms with Crippen molar-refractivity contribution in [2.75, 3.05) is 0 Å². The van der Waals surface area contributed by atoms with Gasteiger partial charge in [-0.1, -0.05) is 66.7 Å². The lowest BCUT2D eigenvalue weighted by Crippen LogP contribution is -2.13. The molecule has 3 aromatic rings. The van der Waals surface area contributed by atoms with E-state index in [9.17, 15) is 8.42 Å². The maximum Gasteiger partial charge on any atom is 0.207 e. The first-order valence-electron chi connectivity index (χ1n) is 8.13. The van der Waals surface area contributed by atoms with Gasteiger partial charge in [0.1, 0.15) is 0 Å². The van der Waals surface area contributed by atoms with Crippen LogP contribution in [0.5, 0.6) is 0 Å². The molecule has 0 unspecified atom stereocenters. The Hall–Kier alpha value is -3.05. The fraction of sp³-hybridized carbons (Fsp3) is 0.0476. The molecule has 0 atom stereocenters. The monoisotopic (exact) mass is 364 g/mol. The van der Waals surface area contributed by atoms with E-state index in [1.54, 1.807) is 49.4 Å². The van der Waals surface area contributed by atoms with Gasteiger partial charge in [-0.05, 0) is 30.2 Å². The summed E-state index contributed by atoms with van der Waals surface area (Å²) in [6.07, 6.45) is 0.